The molecule has 1 saturated heterocycles. The van der Waals surface area contributed by atoms with E-state index in [0.717, 1.165) is 32.8 Å². The van der Waals surface area contributed by atoms with E-state index in [1.165, 1.54) is 22.2 Å². The van der Waals surface area contributed by atoms with Crippen molar-refractivity contribution in [1.29, 1.82) is 0 Å². The van der Waals surface area contributed by atoms with Crippen molar-refractivity contribution in [2.24, 2.45) is 0 Å². The Labute approximate surface area is 101 Å². The van der Waals surface area contributed by atoms with Gasteiger partial charge in [-0.15, -0.1) is 0 Å². The van der Waals surface area contributed by atoms with Crippen molar-refractivity contribution in [2.45, 2.75) is 13.5 Å². The lowest BCUT2D eigenvalue weighted by molar-refractivity contribution is 0.0343. The van der Waals surface area contributed by atoms with E-state index in [1.807, 2.05) is 0 Å². The van der Waals surface area contributed by atoms with Crippen LogP contribution in [-0.4, -0.2) is 36.2 Å². The smallest absolute Gasteiger partial charge is 0.0594 e. The summed E-state index contributed by atoms with van der Waals surface area (Å²) in [5, 5.41) is 1.36. The van der Waals surface area contributed by atoms with Gasteiger partial charge in [-0.25, -0.2) is 0 Å². The Morgan fingerprint density at radius 1 is 1.24 bits per heavy atom. The predicted molar refractivity (Wildman–Crippen MR) is 69.1 cm³/mol. The van der Waals surface area contributed by atoms with Crippen molar-refractivity contribution < 1.29 is 4.74 Å². The maximum atomic E-state index is 5.39. The lowest BCUT2D eigenvalue weighted by Gasteiger charge is -2.26. The van der Waals surface area contributed by atoms with Crippen LogP contribution in [-0.2, 0) is 11.3 Å². The number of morpholine rings is 1. The Kier molecular flexibility index (Phi) is 2.87. The highest BCUT2D eigenvalue weighted by Crippen LogP contribution is 2.23. The second-order valence-corrected chi connectivity index (χ2v) is 4.66. The quantitative estimate of drug-likeness (QED) is 0.857. The van der Waals surface area contributed by atoms with Gasteiger partial charge in [0, 0.05) is 36.2 Å². The highest BCUT2D eigenvalue weighted by molar-refractivity contribution is 5.84. The molecule has 1 aliphatic heterocycles. The lowest BCUT2D eigenvalue weighted by atomic mass is 10.1. The minimum absolute atomic E-state index is 0.863. The molecule has 0 saturated carbocycles. The first-order chi connectivity index (χ1) is 8.34. The molecule has 0 radical (unpaired) electrons. The third-order valence-electron chi connectivity index (χ3n) is 3.51. The van der Waals surface area contributed by atoms with Crippen LogP contribution < -0.4 is 0 Å². The van der Waals surface area contributed by atoms with E-state index < -0.39 is 0 Å². The number of fused-ring (bicyclic) bond motifs is 1. The number of benzene rings is 1. The monoisotopic (exact) mass is 230 g/mol. The van der Waals surface area contributed by atoms with Gasteiger partial charge in [0.25, 0.3) is 0 Å². The summed E-state index contributed by atoms with van der Waals surface area (Å²) in [6.45, 7) is 7.00. The summed E-state index contributed by atoms with van der Waals surface area (Å²) < 4.78 is 5.39. The van der Waals surface area contributed by atoms with Crippen molar-refractivity contribution in [1.82, 2.24) is 9.88 Å². The Balaban J connectivity index is 1.90. The van der Waals surface area contributed by atoms with Crippen molar-refractivity contribution in [3.63, 3.8) is 0 Å². The van der Waals surface area contributed by atoms with E-state index in [2.05, 4.69) is 41.1 Å². The van der Waals surface area contributed by atoms with Gasteiger partial charge in [-0.2, -0.15) is 0 Å². The Morgan fingerprint density at radius 2 is 2.00 bits per heavy atom. The molecule has 17 heavy (non-hydrogen) atoms. The number of nitrogens with one attached hydrogen (secondary N) is 1. The molecule has 3 nitrogen and oxygen atoms in total. The largest absolute Gasteiger partial charge is 0.379 e. The number of hydrogen-bond acceptors (Lipinski definition) is 2. The highest BCUT2D eigenvalue weighted by atomic mass is 16.5. The SMILES string of the molecule is Cc1[nH]c2ccccc2c1CN1CCOCC1. The number of nitrogens with zero attached hydrogens (tertiary/aromatic N) is 1. The molecule has 1 aromatic heterocycles. The fourth-order valence-corrected chi connectivity index (χ4v) is 2.52. The molecule has 3 heteroatoms. The van der Waals surface area contributed by atoms with Crippen LogP contribution in [0.5, 0.6) is 0 Å². The van der Waals surface area contributed by atoms with Crippen molar-refractivity contribution >= 4 is 10.9 Å². The third-order valence-corrected chi connectivity index (χ3v) is 3.51. The molecular formula is C14H18N2O. The average molecular weight is 230 g/mol. The van der Waals surface area contributed by atoms with Crippen LogP contribution in [0.4, 0.5) is 0 Å². The first-order valence-electron chi connectivity index (χ1n) is 6.21. The lowest BCUT2D eigenvalue weighted by Crippen LogP contribution is -2.35. The number of aromatic amines is 1. The molecule has 0 aliphatic carbocycles. The number of hydrogen-bond donors (Lipinski definition) is 1. The number of para-hydroxylation sites is 1. The molecular weight excluding hydrogens is 212 g/mol. The fraction of sp³-hybridized carbons (Fsp3) is 0.429. The number of ether oxygens (including phenoxy) is 1. The summed E-state index contributed by atoms with van der Waals surface area (Å²) in [7, 11) is 0. The molecule has 2 heterocycles. The minimum Gasteiger partial charge on any atom is -0.379 e. The van der Waals surface area contributed by atoms with E-state index in [4.69, 9.17) is 4.74 Å². The zero-order chi connectivity index (χ0) is 11.7. The predicted octanol–water partition coefficient (Wildman–Crippen LogP) is 2.31. The fourth-order valence-electron chi connectivity index (χ4n) is 2.52. The highest BCUT2D eigenvalue weighted by Gasteiger charge is 2.14. The van der Waals surface area contributed by atoms with Gasteiger partial charge in [0.05, 0.1) is 13.2 Å². The van der Waals surface area contributed by atoms with E-state index in [0.29, 0.717) is 0 Å². The van der Waals surface area contributed by atoms with Crippen molar-refractivity contribution in [3.05, 3.63) is 35.5 Å². The van der Waals surface area contributed by atoms with Gasteiger partial charge in [-0.1, -0.05) is 18.2 Å². The summed E-state index contributed by atoms with van der Waals surface area (Å²) in [6, 6.07) is 8.54. The number of aryl methyl sites for hydroxylation is 1. The first kappa shape index (κ1) is 10.8. The maximum absolute atomic E-state index is 5.39. The molecule has 0 spiro atoms. The van der Waals surface area contributed by atoms with E-state index in [9.17, 15) is 0 Å². The summed E-state index contributed by atoms with van der Waals surface area (Å²) in [4.78, 5) is 5.92. The van der Waals surface area contributed by atoms with Gasteiger partial charge in [-0.05, 0) is 18.6 Å². The zero-order valence-electron chi connectivity index (χ0n) is 10.2. The van der Waals surface area contributed by atoms with Gasteiger partial charge in [0.2, 0.25) is 0 Å². The van der Waals surface area contributed by atoms with Crippen LogP contribution in [0.3, 0.4) is 0 Å². The van der Waals surface area contributed by atoms with E-state index >= 15 is 0 Å². The minimum atomic E-state index is 0.863. The molecule has 1 aliphatic rings. The topological polar surface area (TPSA) is 28.3 Å². The molecule has 1 N–H and O–H groups in total. The van der Waals surface area contributed by atoms with Crippen molar-refractivity contribution in [3.8, 4) is 0 Å². The van der Waals surface area contributed by atoms with Crippen molar-refractivity contribution in [2.75, 3.05) is 26.3 Å². The summed E-state index contributed by atoms with van der Waals surface area (Å²) >= 11 is 0. The van der Waals surface area contributed by atoms with Gasteiger partial charge < -0.3 is 9.72 Å². The standard InChI is InChI=1S/C14H18N2O/c1-11-13(10-16-6-8-17-9-7-16)12-4-2-3-5-14(12)15-11/h2-5,15H,6-10H2,1H3. The van der Waals surface area contributed by atoms with Gasteiger partial charge in [0.15, 0.2) is 0 Å². The summed E-state index contributed by atoms with van der Waals surface area (Å²) in [5.74, 6) is 0. The zero-order valence-corrected chi connectivity index (χ0v) is 10.2. The maximum Gasteiger partial charge on any atom is 0.0594 e. The van der Waals surface area contributed by atoms with Crippen LogP contribution in [0.15, 0.2) is 24.3 Å². The molecule has 90 valence electrons. The van der Waals surface area contributed by atoms with Gasteiger partial charge in [-0.3, -0.25) is 4.90 Å². The van der Waals surface area contributed by atoms with Crippen LogP contribution in [0, 0.1) is 6.92 Å². The van der Waals surface area contributed by atoms with Crippen LogP contribution in [0.1, 0.15) is 11.3 Å². The molecule has 0 unspecified atom stereocenters. The van der Waals surface area contributed by atoms with Crippen LogP contribution in [0.2, 0.25) is 0 Å². The molecule has 1 aromatic carbocycles. The Bertz CT molecular complexity index is 512. The second kappa shape index (κ2) is 4.51. The van der Waals surface area contributed by atoms with Crippen LogP contribution >= 0.6 is 0 Å². The molecule has 0 bridgehead atoms. The first-order valence-corrected chi connectivity index (χ1v) is 6.21. The number of H-pyrrole nitrogens is 1. The van der Waals surface area contributed by atoms with Crippen LogP contribution in [0.25, 0.3) is 10.9 Å². The molecule has 0 atom stereocenters. The Hall–Kier alpha value is -1.32. The number of aromatic nitrogens is 1. The van der Waals surface area contributed by atoms with E-state index in [1.54, 1.807) is 0 Å². The molecule has 2 aromatic rings. The third kappa shape index (κ3) is 2.08. The second-order valence-electron chi connectivity index (χ2n) is 4.66. The summed E-state index contributed by atoms with van der Waals surface area (Å²) in [6.07, 6.45) is 0. The Morgan fingerprint density at radius 3 is 2.82 bits per heavy atom. The molecule has 0 amide bonds. The van der Waals surface area contributed by atoms with E-state index in [-0.39, 0.29) is 0 Å². The molecule has 1 fully saturated rings. The summed E-state index contributed by atoms with van der Waals surface area (Å²) in [5.41, 5.74) is 3.97. The normalized spacial score (nSPS) is 17.7. The molecule has 3 rings (SSSR count). The average Bonchev–Trinajstić information content (AvgIpc) is 2.68. The number of rotatable bonds is 2. The van der Waals surface area contributed by atoms with Gasteiger partial charge in [0.1, 0.15) is 0 Å². The van der Waals surface area contributed by atoms with Gasteiger partial charge >= 0.3 is 0 Å².